The van der Waals surface area contributed by atoms with Crippen LogP contribution in [0.2, 0.25) is 0 Å². The maximum absolute atomic E-state index is 9.03. The van der Waals surface area contributed by atoms with Crippen molar-refractivity contribution >= 4 is 0 Å². The number of ether oxygens (including phenoxy) is 1. The van der Waals surface area contributed by atoms with E-state index < -0.39 is 0 Å². The highest BCUT2D eigenvalue weighted by atomic mass is 16.5. The van der Waals surface area contributed by atoms with Gasteiger partial charge in [0, 0.05) is 12.6 Å². The van der Waals surface area contributed by atoms with Crippen molar-refractivity contribution < 1.29 is 9.84 Å². The SMILES string of the molecule is CCNC(CO)CCOC(C)(C)CC. The first-order valence-corrected chi connectivity index (χ1v) is 5.54. The molecule has 0 radical (unpaired) electrons. The number of hydrogen-bond donors (Lipinski definition) is 2. The summed E-state index contributed by atoms with van der Waals surface area (Å²) in [6.45, 7) is 10.1. The number of rotatable bonds is 8. The van der Waals surface area contributed by atoms with Gasteiger partial charge in [-0.15, -0.1) is 0 Å². The summed E-state index contributed by atoms with van der Waals surface area (Å²) in [5.74, 6) is 0. The monoisotopic (exact) mass is 203 g/mol. The summed E-state index contributed by atoms with van der Waals surface area (Å²) in [5.41, 5.74) is -0.0355. The molecule has 0 aliphatic carbocycles. The fourth-order valence-electron chi connectivity index (χ4n) is 1.13. The van der Waals surface area contributed by atoms with Crippen molar-refractivity contribution in [1.29, 1.82) is 0 Å². The maximum Gasteiger partial charge on any atom is 0.0623 e. The fraction of sp³-hybridized carbons (Fsp3) is 1.00. The summed E-state index contributed by atoms with van der Waals surface area (Å²) in [7, 11) is 0. The smallest absolute Gasteiger partial charge is 0.0623 e. The van der Waals surface area contributed by atoms with Crippen molar-refractivity contribution in [1.82, 2.24) is 5.32 Å². The highest BCUT2D eigenvalue weighted by Gasteiger charge is 2.15. The van der Waals surface area contributed by atoms with E-state index in [1.807, 2.05) is 6.92 Å². The van der Waals surface area contributed by atoms with Crippen molar-refractivity contribution in [3.63, 3.8) is 0 Å². The van der Waals surface area contributed by atoms with Gasteiger partial charge in [0.1, 0.15) is 0 Å². The van der Waals surface area contributed by atoms with Gasteiger partial charge in [-0.2, -0.15) is 0 Å². The van der Waals surface area contributed by atoms with Gasteiger partial charge < -0.3 is 15.2 Å². The Labute approximate surface area is 87.8 Å². The van der Waals surface area contributed by atoms with Crippen LogP contribution < -0.4 is 5.32 Å². The lowest BCUT2D eigenvalue weighted by Gasteiger charge is -2.25. The van der Waals surface area contributed by atoms with Crippen LogP contribution in [0.5, 0.6) is 0 Å². The fourth-order valence-corrected chi connectivity index (χ4v) is 1.13. The molecule has 1 unspecified atom stereocenters. The maximum atomic E-state index is 9.03. The van der Waals surface area contributed by atoms with Crippen LogP contribution in [0.3, 0.4) is 0 Å². The molecule has 1 atom stereocenters. The lowest BCUT2D eigenvalue weighted by molar-refractivity contribution is -0.0254. The number of nitrogens with one attached hydrogen (secondary N) is 1. The summed E-state index contributed by atoms with van der Waals surface area (Å²) in [4.78, 5) is 0. The molecule has 0 amide bonds. The van der Waals surface area contributed by atoms with Crippen LogP contribution in [0.15, 0.2) is 0 Å². The minimum absolute atomic E-state index is 0.0355. The topological polar surface area (TPSA) is 41.5 Å². The Morgan fingerprint density at radius 2 is 2.00 bits per heavy atom. The second kappa shape index (κ2) is 7.21. The van der Waals surface area contributed by atoms with Gasteiger partial charge in [0.05, 0.1) is 12.2 Å². The van der Waals surface area contributed by atoms with Gasteiger partial charge in [0.25, 0.3) is 0 Å². The highest BCUT2D eigenvalue weighted by Crippen LogP contribution is 2.13. The molecule has 0 spiro atoms. The van der Waals surface area contributed by atoms with E-state index in [4.69, 9.17) is 9.84 Å². The number of likely N-dealkylation sites (N-methyl/N-ethyl adjacent to an activating group) is 1. The van der Waals surface area contributed by atoms with Crippen LogP contribution >= 0.6 is 0 Å². The van der Waals surface area contributed by atoms with Gasteiger partial charge in [-0.25, -0.2) is 0 Å². The standard InChI is InChI=1S/C11H25NO2/c1-5-11(3,4)14-8-7-10(9-13)12-6-2/h10,12-13H,5-9H2,1-4H3. The predicted molar refractivity (Wildman–Crippen MR) is 59.5 cm³/mol. The van der Waals surface area contributed by atoms with E-state index in [-0.39, 0.29) is 18.2 Å². The van der Waals surface area contributed by atoms with Gasteiger partial charge >= 0.3 is 0 Å². The van der Waals surface area contributed by atoms with E-state index in [0.717, 1.165) is 19.4 Å². The van der Waals surface area contributed by atoms with Crippen molar-refractivity contribution in [3.8, 4) is 0 Å². The van der Waals surface area contributed by atoms with Crippen LogP contribution in [0, 0.1) is 0 Å². The Bertz CT molecular complexity index is 137. The summed E-state index contributed by atoms with van der Waals surface area (Å²) in [6, 6.07) is 0.174. The molecule has 0 fully saturated rings. The summed E-state index contributed by atoms with van der Waals surface area (Å²) >= 11 is 0. The number of aliphatic hydroxyl groups is 1. The Hall–Kier alpha value is -0.120. The average molecular weight is 203 g/mol. The van der Waals surface area contributed by atoms with Crippen molar-refractivity contribution in [2.45, 2.75) is 52.2 Å². The van der Waals surface area contributed by atoms with Crippen LogP contribution in [-0.4, -0.2) is 36.5 Å². The zero-order valence-electron chi connectivity index (χ0n) is 9.97. The second-order valence-electron chi connectivity index (χ2n) is 4.19. The van der Waals surface area contributed by atoms with Gasteiger partial charge in [0.15, 0.2) is 0 Å². The summed E-state index contributed by atoms with van der Waals surface area (Å²) in [6.07, 6.45) is 1.88. The molecule has 0 rings (SSSR count). The molecule has 3 nitrogen and oxygen atoms in total. The molecule has 0 bridgehead atoms. The van der Waals surface area contributed by atoms with Gasteiger partial charge in [-0.05, 0) is 33.2 Å². The minimum atomic E-state index is -0.0355. The quantitative estimate of drug-likeness (QED) is 0.629. The number of aliphatic hydroxyl groups excluding tert-OH is 1. The third kappa shape index (κ3) is 6.35. The molecule has 0 aliphatic rings. The van der Waals surface area contributed by atoms with Crippen LogP contribution in [0.1, 0.15) is 40.5 Å². The Morgan fingerprint density at radius 1 is 1.36 bits per heavy atom. The third-order valence-electron chi connectivity index (χ3n) is 2.52. The zero-order valence-corrected chi connectivity index (χ0v) is 9.97. The molecule has 14 heavy (non-hydrogen) atoms. The van der Waals surface area contributed by atoms with E-state index in [1.165, 1.54) is 0 Å². The predicted octanol–water partition coefficient (Wildman–Crippen LogP) is 1.55. The molecular weight excluding hydrogens is 178 g/mol. The molecule has 0 saturated carbocycles. The van der Waals surface area contributed by atoms with E-state index in [2.05, 4.69) is 26.1 Å². The van der Waals surface area contributed by atoms with Crippen LogP contribution in [0.4, 0.5) is 0 Å². The summed E-state index contributed by atoms with van der Waals surface area (Å²) < 4.78 is 5.71. The molecule has 0 aliphatic heterocycles. The first-order chi connectivity index (χ1) is 6.55. The molecule has 3 heteroatoms. The molecule has 0 saturated heterocycles. The normalized spacial score (nSPS) is 14.4. The zero-order chi connectivity index (χ0) is 11.0. The van der Waals surface area contributed by atoms with Gasteiger partial charge in [-0.1, -0.05) is 13.8 Å². The van der Waals surface area contributed by atoms with E-state index in [1.54, 1.807) is 0 Å². The molecular formula is C11H25NO2. The summed E-state index contributed by atoms with van der Waals surface area (Å²) in [5, 5.41) is 12.2. The Morgan fingerprint density at radius 3 is 2.43 bits per heavy atom. The van der Waals surface area contributed by atoms with Crippen LogP contribution in [-0.2, 0) is 4.74 Å². The van der Waals surface area contributed by atoms with Gasteiger partial charge in [0.2, 0.25) is 0 Å². The minimum Gasteiger partial charge on any atom is -0.395 e. The van der Waals surface area contributed by atoms with E-state index in [9.17, 15) is 0 Å². The molecule has 0 aromatic heterocycles. The first-order valence-electron chi connectivity index (χ1n) is 5.54. The lowest BCUT2D eigenvalue weighted by atomic mass is 10.1. The molecule has 2 N–H and O–H groups in total. The molecule has 0 heterocycles. The van der Waals surface area contributed by atoms with Crippen molar-refractivity contribution in [3.05, 3.63) is 0 Å². The molecule has 0 aromatic rings. The van der Waals surface area contributed by atoms with Gasteiger partial charge in [-0.3, -0.25) is 0 Å². The van der Waals surface area contributed by atoms with Crippen LogP contribution in [0.25, 0.3) is 0 Å². The largest absolute Gasteiger partial charge is 0.395 e. The highest BCUT2D eigenvalue weighted by molar-refractivity contribution is 4.68. The van der Waals surface area contributed by atoms with E-state index >= 15 is 0 Å². The average Bonchev–Trinajstić information content (AvgIpc) is 2.16. The first kappa shape index (κ1) is 13.9. The lowest BCUT2D eigenvalue weighted by Crippen LogP contribution is -2.34. The van der Waals surface area contributed by atoms with E-state index in [0.29, 0.717) is 6.61 Å². The molecule has 86 valence electrons. The third-order valence-corrected chi connectivity index (χ3v) is 2.52. The molecule has 0 aromatic carbocycles. The second-order valence-corrected chi connectivity index (χ2v) is 4.19. The van der Waals surface area contributed by atoms with Crippen molar-refractivity contribution in [2.24, 2.45) is 0 Å². The number of hydrogen-bond acceptors (Lipinski definition) is 3. The Kier molecular flexibility index (Phi) is 7.15. The van der Waals surface area contributed by atoms with Crippen molar-refractivity contribution in [2.75, 3.05) is 19.8 Å². The Balaban J connectivity index is 3.60.